The Hall–Kier alpha value is -7.56. The van der Waals surface area contributed by atoms with Gasteiger partial charge in [-0.25, -0.2) is 0 Å². The third-order valence-electron chi connectivity index (χ3n) is 20.0. The molecule has 0 saturated carbocycles. The Morgan fingerprint density at radius 1 is 0.361 bits per heavy atom. The largest absolute Gasteiger partial charge is 0.310 e. The molecule has 0 bridgehead atoms. The predicted octanol–water partition coefficient (Wildman–Crippen LogP) is 19.0. The maximum absolute atomic E-state index is 2.80. The van der Waals surface area contributed by atoms with Crippen molar-refractivity contribution in [2.75, 3.05) is 4.90 Å². The average Bonchev–Trinajstić information content (AvgIpc) is 1.62. The standard InChI is InChI=1S/C79H80BN3/c1-73(2,3)45-26-30-51(31-27-45)81(52-23-21-22-46(38-52)74(4,5)6)65-37-35-62-72-67(65)55-24-19-20-25-64(55)82(72)66-36-34-58-71-68(66)80(62)63-44-50(78(16,17)18)40-57-56-39-49(77(13,14)15)43-61(69(56)83(71)70(57)63)79(58)59-41-47(75(7,8)9)28-32-53(59)54-33-29-48(42-60(54)79)76(10,11)12/h19-44H,1-18H3. The fourth-order valence-corrected chi connectivity index (χ4v) is 15.4. The molecule has 83 heavy (non-hydrogen) atoms. The van der Waals surface area contributed by atoms with Crippen LogP contribution in [0.1, 0.15) is 180 Å². The highest BCUT2D eigenvalue weighted by Gasteiger charge is 2.55. The molecule has 0 atom stereocenters. The molecule has 1 aliphatic carbocycles. The second kappa shape index (κ2) is 16.4. The molecule has 0 radical (unpaired) electrons. The van der Waals surface area contributed by atoms with Crippen molar-refractivity contribution in [2.24, 2.45) is 0 Å². The summed E-state index contributed by atoms with van der Waals surface area (Å²) in [6, 6.07) is 63.8. The van der Waals surface area contributed by atoms with Crippen LogP contribution in [-0.2, 0) is 37.9 Å². The van der Waals surface area contributed by atoms with Gasteiger partial charge in [-0.05, 0) is 170 Å². The van der Waals surface area contributed by atoms with Crippen molar-refractivity contribution in [2.45, 2.75) is 163 Å². The number of benzene rings is 9. The van der Waals surface area contributed by atoms with Crippen molar-refractivity contribution in [3.05, 3.63) is 213 Å². The van der Waals surface area contributed by atoms with Crippen LogP contribution in [0.25, 0.3) is 66.1 Å². The summed E-state index contributed by atoms with van der Waals surface area (Å²) in [5, 5.41) is 5.28. The van der Waals surface area contributed by atoms with Crippen LogP contribution in [0.4, 0.5) is 17.1 Å². The Labute approximate surface area is 493 Å². The highest BCUT2D eigenvalue weighted by molar-refractivity contribution is 7.00. The van der Waals surface area contributed by atoms with E-state index in [9.17, 15) is 0 Å². The number of fused-ring (bicyclic) bond motifs is 14. The lowest BCUT2D eigenvalue weighted by Gasteiger charge is -2.45. The lowest BCUT2D eigenvalue weighted by atomic mass is 9.33. The molecule has 3 nitrogen and oxygen atoms in total. The first-order valence-electron chi connectivity index (χ1n) is 30.7. The first-order chi connectivity index (χ1) is 39.0. The van der Waals surface area contributed by atoms with E-state index >= 15 is 0 Å². The molecule has 0 amide bonds. The topological polar surface area (TPSA) is 13.1 Å². The van der Waals surface area contributed by atoms with E-state index < -0.39 is 5.41 Å². The fourth-order valence-electron chi connectivity index (χ4n) is 15.4. The minimum absolute atomic E-state index is 0.0220. The first kappa shape index (κ1) is 52.3. The maximum atomic E-state index is 2.80. The van der Waals surface area contributed by atoms with E-state index in [1.807, 2.05) is 0 Å². The van der Waals surface area contributed by atoms with E-state index in [2.05, 4.69) is 296 Å². The van der Waals surface area contributed by atoms with Gasteiger partial charge >= 0.3 is 0 Å². The van der Waals surface area contributed by atoms with Gasteiger partial charge in [-0.2, -0.15) is 0 Å². The van der Waals surface area contributed by atoms with Crippen LogP contribution >= 0.6 is 0 Å². The summed E-state index contributed by atoms with van der Waals surface area (Å²) in [6.07, 6.45) is 0. The Morgan fingerprint density at radius 2 is 0.904 bits per heavy atom. The molecule has 15 rings (SSSR count). The smallest absolute Gasteiger partial charge is 0.252 e. The van der Waals surface area contributed by atoms with E-state index in [4.69, 9.17) is 0 Å². The minimum atomic E-state index is -0.626. The molecular weight excluding hydrogens is 1000 g/mol. The first-order valence-corrected chi connectivity index (χ1v) is 30.7. The number of aromatic nitrogens is 2. The SMILES string of the molecule is CC(C)(C)c1ccc(N(c2cccc(C(C)(C)C)c2)c2ccc3c4c2c2ccccc2n4-c2ccc4c5c2B3c2cc(C(C)(C)C)cc3c6cc(C(C)(C)C)cc(c6n-5c23)C42c3cc(C(C)(C)C)ccc3-c3ccc(C(C)(C)C)cc32)cc1. The molecule has 0 N–H and O–H groups in total. The van der Waals surface area contributed by atoms with Gasteiger partial charge in [-0.15, -0.1) is 0 Å². The molecule has 5 heterocycles. The second-order valence-corrected chi connectivity index (χ2v) is 31.5. The third kappa shape index (κ3) is 7.05. The molecule has 0 saturated heterocycles. The summed E-state index contributed by atoms with van der Waals surface area (Å²) in [5.74, 6) is 0. The van der Waals surface area contributed by atoms with Crippen molar-refractivity contribution >= 4 is 83.8 Å². The molecule has 3 aliphatic heterocycles. The van der Waals surface area contributed by atoms with E-state index in [0.29, 0.717) is 0 Å². The quantitative estimate of drug-likeness (QED) is 0.161. The van der Waals surface area contributed by atoms with Crippen LogP contribution in [0.2, 0.25) is 0 Å². The molecule has 0 fully saturated rings. The third-order valence-corrected chi connectivity index (χ3v) is 20.0. The summed E-state index contributed by atoms with van der Waals surface area (Å²) in [6.45, 7) is 42.7. The van der Waals surface area contributed by atoms with Gasteiger partial charge in [-0.1, -0.05) is 228 Å². The van der Waals surface area contributed by atoms with E-state index in [-0.39, 0.29) is 39.2 Å². The number of hydrogen-bond acceptors (Lipinski definition) is 1. The Balaban J connectivity index is 1.13. The Morgan fingerprint density at radius 3 is 1.51 bits per heavy atom. The number of hydrogen-bond donors (Lipinski definition) is 0. The lowest BCUT2D eigenvalue weighted by Crippen LogP contribution is -2.60. The van der Waals surface area contributed by atoms with Gasteiger partial charge in [0.1, 0.15) is 0 Å². The molecular formula is C79H80BN3. The van der Waals surface area contributed by atoms with Crippen molar-refractivity contribution in [3.8, 4) is 22.5 Å². The zero-order chi connectivity index (χ0) is 58.4. The maximum Gasteiger partial charge on any atom is 0.252 e. The molecule has 4 heteroatoms. The lowest BCUT2D eigenvalue weighted by molar-refractivity contribution is 0.583. The molecule has 9 aromatic carbocycles. The average molecular weight is 1080 g/mol. The molecule has 4 aliphatic rings. The van der Waals surface area contributed by atoms with Crippen LogP contribution in [0.5, 0.6) is 0 Å². The van der Waals surface area contributed by atoms with Crippen LogP contribution in [0.3, 0.4) is 0 Å². The highest BCUT2D eigenvalue weighted by atomic mass is 15.2. The van der Waals surface area contributed by atoms with Gasteiger partial charge in [0.05, 0.1) is 27.7 Å². The summed E-state index contributed by atoms with van der Waals surface area (Å²) >= 11 is 0. The van der Waals surface area contributed by atoms with Gasteiger partial charge in [0, 0.05) is 49.8 Å². The Bertz CT molecular complexity index is 4600. The molecule has 0 unspecified atom stereocenters. The van der Waals surface area contributed by atoms with Crippen LogP contribution in [-0.4, -0.2) is 15.8 Å². The van der Waals surface area contributed by atoms with Crippen molar-refractivity contribution in [1.29, 1.82) is 0 Å². The van der Waals surface area contributed by atoms with Crippen molar-refractivity contribution in [3.63, 3.8) is 0 Å². The van der Waals surface area contributed by atoms with Gasteiger partial charge in [0.15, 0.2) is 0 Å². The number of para-hydroxylation sites is 1. The van der Waals surface area contributed by atoms with E-state index in [1.54, 1.807) is 0 Å². The van der Waals surface area contributed by atoms with E-state index in [1.165, 1.54) is 144 Å². The fraction of sp³-hybridized carbons (Fsp3) is 0.316. The van der Waals surface area contributed by atoms with Gasteiger partial charge in [0.25, 0.3) is 6.71 Å². The van der Waals surface area contributed by atoms with Crippen LogP contribution < -0.4 is 21.3 Å². The second-order valence-electron chi connectivity index (χ2n) is 31.5. The summed E-state index contributed by atoms with van der Waals surface area (Å²) in [7, 11) is 0. The summed E-state index contributed by atoms with van der Waals surface area (Å²) in [5.41, 5.74) is 31.0. The monoisotopic (exact) mass is 1080 g/mol. The predicted molar refractivity (Wildman–Crippen MR) is 358 cm³/mol. The van der Waals surface area contributed by atoms with Gasteiger partial charge in [0.2, 0.25) is 0 Å². The van der Waals surface area contributed by atoms with Gasteiger partial charge in [-0.3, -0.25) is 0 Å². The summed E-state index contributed by atoms with van der Waals surface area (Å²) in [4.78, 5) is 2.56. The number of nitrogens with zero attached hydrogens (tertiary/aromatic N) is 3. The highest BCUT2D eigenvalue weighted by Crippen LogP contribution is 2.63. The summed E-state index contributed by atoms with van der Waals surface area (Å²) < 4.78 is 5.49. The van der Waals surface area contributed by atoms with Crippen molar-refractivity contribution in [1.82, 2.24) is 9.13 Å². The molecule has 2 aromatic heterocycles. The Kier molecular flexibility index (Phi) is 10.3. The number of rotatable bonds is 3. The van der Waals surface area contributed by atoms with Crippen molar-refractivity contribution < 1.29 is 0 Å². The molecule has 11 aromatic rings. The van der Waals surface area contributed by atoms with Gasteiger partial charge < -0.3 is 14.0 Å². The minimum Gasteiger partial charge on any atom is -0.310 e. The zero-order valence-electron chi connectivity index (χ0n) is 52.4. The zero-order valence-corrected chi connectivity index (χ0v) is 52.4. The number of anilines is 3. The molecule has 414 valence electrons. The van der Waals surface area contributed by atoms with E-state index in [0.717, 1.165) is 11.4 Å². The van der Waals surface area contributed by atoms with Crippen LogP contribution in [0.15, 0.2) is 158 Å². The van der Waals surface area contributed by atoms with Crippen LogP contribution in [0, 0.1) is 0 Å². The normalized spacial score (nSPS) is 14.9. The molecule has 1 spiro atoms.